The van der Waals surface area contributed by atoms with Crippen LogP contribution in [-0.2, 0) is 17.9 Å². The highest BCUT2D eigenvalue weighted by Gasteiger charge is 2.20. The first-order chi connectivity index (χ1) is 13.5. The van der Waals surface area contributed by atoms with Crippen molar-refractivity contribution in [2.75, 3.05) is 0 Å². The van der Waals surface area contributed by atoms with Gasteiger partial charge < -0.3 is 5.32 Å². The number of hydrogen-bond donors (Lipinski definition) is 1. The Kier molecular flexibility index (Phi) is 5.08. The number of hydrogen-bond acceptors (Lipinski definition) is 5. The number of nitrogens with one attached hydrogen (secondary N) is 1. The molecular weight excluding hydrogens is 383 g/mol. The van der Waals surface area contributed by atoms with Gasteiger partial charge in [-0.3, -0.25) is 18.7 Å². The van der Waals surface area contributed by atoms with Crippen LogP contribution in [0.15, 0.2) is 39.2 Å². The summed E-state index contributed by atoms with van der Waals surface area (Å²) in [6.45, 7) is -0.191. The van der Waals surface area contributed by atoms with E-state index in [-0.39, 0.29) is 30.6 Å². The molecular formula is C19H19FN4O3S. The molecule has 1 saturated carbocycles. The van der Waals surface area contributed by atoms with Crippen LogP contribution < -0.4 is 16.6 Å². The molecule has 1 amide bonds. The van der Waals surface area contributed by atoms with E-state index in [0.717, 1.165) is 41.8 Å². The summed E-state index contributed by atoms with van der Waals surface area (Å²) >= 11 is 1.06. The quantitative estimate of drug-likeness (QED) is 0.706. The van der Waals surface area contributed by atoms with E-state index in [1.807, 2.05) is 0 Å². The molecule has 2 heterocycles. The van der Waals surface area contributed by atoms with Gasteiger partial charge in [-0.2, -0.15) is 4.37 Å². The van der Waals surface area contributed by atoms with Gasteiger partial charge in [-0.1, -0.05) is 25.0 Å². The molecule has 4 rings (SSSR count). The SMILES string of the molecule is O=C(Cn1c(=O)n(Cc2ccc(F)cc2)c(=O)c2nscc21)NC1CCCC1. The Balaban J connectivity index is 1.70. The summed E-state index contributed by atoms with van der Waals surface area (Å²) in [4.78, 5) is 38.2. The molecule has 2 aromatic heterocycles. The predicted octanol–water partition coefficient (Wildman–Crippen LogP) is 1.87. The van der Waals surface area contributed by atoms with Crippen LogP contribution in [0, 0.1) is 5.82 Å². The minimum Gasteiger partial charge on any atom is -0.352 e. The van der Waals surface area contributed by atoms with E-state index in [9.17, 15) is 18.8 Å². The highest BCUT2D eigenvalue weighted by atomic mass is 32.1. The first kappa shape index (κ1) is 18.5. The third-order valence-electron chi connectivity index (χ3n) is 5.03. The summed E-state index contributed by atoms with van der Waals surface area (Å²) in [7, 11) is 0. The smallest absolute Gasteiger partial charge is 0.332 e. The van der Waals surface area contributed by atoms with Gasteiger partial charge in [0.05, 0.1) is 12.1 Å². The maximum Gasteiger partial charge on any atom is 0.332 e. The molecule has 9 heteroatoms. The Labute approximate surface area is 163 Å². The number of carbonyl (C=O) groups excluding carboxylic acids is 1. The van der Waals surface area contributed by atoms with Gasteiger partial charge in [-0.25, -0.2) is 9.18 Å². The largest absolute Gasteiger partial charge is 0.352 e. The first-order valence-corrected chi connectivity index (χ1v) is 9.98. The summed E-state index contributed by atoms with van der Waals surface area (Å²) in [6, 6.07) is 5.72. The van der Waals surface area contributed by atoms with E-state index in [1.165, 1.54) is 28.8 Å². The zero-order chi connectivity index (χ0) is 19.7. The lowest BCUT2D eigenvalue weighted by molar-refractivity contribution is -0.122. The van der Waals surface area contributed by atoms with Gasteiger partial charge in [-0.15, -0.1) is 0 Å². The fourth-order valence-corrected chi connectivity index (χ4v) is 4.26. The van der Waals surface area contributed by atoms with Gasteiger partial charge in [0.2, 0.25) is 5.91 Å². The van der Waals surface area contributed by atoms with E-state index in [4.69, 9.17) is 0 Å². The number of aromatic nitrogens is 3. The van der Waals surface area contributed by atoms with Crippen LogP contribution in [0.5, 0.6) is 0 Å². The lowest BCUT2D eigenvalue weighted by Gasteiger charge is -2.14. The van der Waals surface area contributed by atoms with Gasteiger partial charge in [-0.05, 0) is 42.1 Å². The molecule has 0 saturated heterocycles. The van der Waals surface area contributed by atoms with E-state index in [1.54, 1.807) is 5.38 Å². The zero-order valence-corrected chi connectivity index (χ0v) is 15.9. The van der Waals surface area contributed by atoms with Crippen LogP contribution in [0.3, 0.4) is 0 Å². The number of amides is 1. The number of fused-ring (bicyclic) bond motifs is 1. The van der Waals surface area contributed by atoms with Crippen molar-refractivity contribution in [3.8, 4) is 0 Å². The highest BCUT2D eigenvalue weighted by molar-refractivity contribution is 7.04. The van der Waals surface area contributed by atoms with Crippen LogP contribution in [0.25, 0.3) is 11.0 Å². The van der Waals surface area contributed by atoms with Gasteiger partial charge in [0.15, 0.2) is 5.52 Å². The zero-order valence-electron chi connectivity index (χ0n) is 15.1. The lowest BCUT2D eigenvalue weighted by Crippen LogP contribution is -2.43. The number of benzene rings is 1. The second-order valence-electron chi connectivity index (χ2n) is 6.98. The van der Waals surface area contributed by atoms with Crippen molar-refractivity contribution >= 4 is 28.5 Å². The number of rotatable bonds is 5. The van der Waals surface area contributed by atoms with Crippen LogP contribution >= 0.6 is 11.5 Å². The Bertz CT molecular complexity index is 1130. The molecule has 1 N–H and O–H groups in total. The molecule has 0 atom stereocenters. The first-order valence-electron chi connectivity index (χ1n) is 9.14. The molecule has 0 radical (unpaired) electrons. The summed E-state index contributed by atoms with van der Waals surface area (Å²) in [5.74, 6) is -0.652. The molecule has 0 bridgehead atoms. The maximum atomic E-state index is 13.1. The fraction of sp³-hybridized carbons (Fsp3) is 0.368. The third-order valence-corrected chi connectivity index (χ3v) is 5.64. The molecule has 1 fully saturated rings. The van der Waals surface area contributed by atoms with Crippen LogP contribution in [-0.4, -0.2) is 25.5 Å². The molecule has 0 spiro atoms. The van der Waals surface area contributed by atoms with Crippen LogP contribution in [0.1, 0.15) is 31.2 Å². The van der Waals surface area contributed by atoms with E-state index >= 15 is 0 Å². The second kappa shape index (κ2) is 7.67. The average molecular weight is 402 g/mol. The van der Waals surface area contributed by atoms with E-state index in [0.29, 0.717) is 11.1 Å². The summed E-state index contributed by atoms with van der Waals surface area (Å²) in [6.07, 6.45) is 4.07. The molecule has 1 aliphatic carbocycles. The van der Waals surface area contributed by atoms with Gasteiger partial charge in [0.25, 0.3) is 5.56 Å². The topological polar surface area (TPSA) is 86.0 Å². The Hall–Kier alpha value is -2.81. The van der Waals surface area contributed by atoms with Gasteiger partial charge in [0.1, 0.15) is 12.4 Å². The Morgan fingerprint density at radius 1 is 1.18 bits per heavy atom. The summed E-state index contributed by atoms with van der Waals surface area (Å²) < 4.78 is 19.6. The minimum atomic E-state index is -0.580. The average Bonchev–Trinajstić information content (AvgIpc) is 3.36. The summed E-state index contributed by atoms with van der Waals surface area (Å²) in [5.41, 5.74) is 0.0241. The Morgan fingerprint density at radius 2 is 1.89 bits per heavy atom. The van der Waals surface area contributed by atoms with Crippen LogP contribution in [0.2, 0.25) is 0 Å². The number of nitrogens with zero attached hydrogens (tertiary/aromatic N) is 3. The van der Waals surface area contributed by atoms with Crippen molar-refractivity contribution < 1.29 is 9.18 Å². The maximum absolute atomic E-state index is 13.1. The molecule has 1 aliphatic rings. The standard InChI is InChI=1S/C19H19FN4O3S/c20-13-7-5-12(6-8-13)9-24-18(26)17-15(11-28-22-17)23(19(24)27)10-16(25)21-14-3-1-2-4-14/h5-8,11,14H,1-4,9-10H2,(H,21,25). The molecule has 7 nitrogen and oxygen atoms in total. The molecule has 1 aromatic carbocycles. The van der Waals surface area contributed by atoms with Crippen molar-refractivity contribution in [3.63, 3.8) is 0 Å². The molecule has 3 aromatic rings. The van der Waals surface area contributed by atoms with E-state index in [2.05, 4.69) is 9.69 Å². The van der Waals surface area contributed by atoms with Gasteiger partial charge in [0, 0.05) is 11.4 Å². The Morgan fingerprint density at radius 3 is 2.61 bits per heavy atom. The highest BCUT2D eigenvalue weighted by Crippen LogP contribution is 2.17. The number of halogens is 1. The normalized spacial score (nSPS) is 14.6. The molecule has 28 heavy (non-hydrogen) atoms. The fourth-order valence-electron chi connectivity index (χ4n) is 3.59. The van der Waals surface area contributed by atoms with Gasteiger partial charge >= 0.3 is 5.69 Å². The molecule has 0 unspecified atom stereocenters. The van der Waals surface area contributed by atoms with Crippen molar-refractivity contribution in [1.82, 2.24) is 18.8 Å². The lowest BCUT2D eigenvalue weighted by atomic mass is 10.2. The minimum absolute atomic E-state index is 0.0182. The predicted molar refractivity (Wildman–Crippen MR) is 104 cm³/mol. The van der Waals surface area contributed by atoms with Crippen molar-refractivity contribution in [2.45, 2.75) is 44.8 Å². The van der Waals surface area contributed by atoms with Crippen LogP contribution in [0.4, 0.5) is 4.39 Å². The second-order valence-corrected chi connectivity index (χ2v) is 7.61. The molecule has 0 aliphatic heterocycles. The van der Waals surface area contributed by atoms with Crippen molar-refractivity contribution in [3.05, 3.63) is 61.9 Å². The monoisotopic (exact) mass is 402 g/mol. The number of carbonyl (C=O) groups is 1. The third kappa shape index (κ3) is 3.62. The van der Waals surface area contributed by atoms with Crippen molar-refractivity contribution in [1.29, 1.82) is 0 Å². The van der Waals surface area contributed by atoms with Crippen molar-refractivity contribution in [2.24, 2.45) is 0 Å². The summed E-state index contributed by atoms with van der Waals surface area (Å²) in [5, 5.41) is 4.56. The van der Waals surface area contributed by atoms with E-state index < -0.39 is 17.1 Å². The molecule has 146 valence electrons.